The summed E-state index contributed by atoms with van der Waals surface area (Å²) in [4.78, 5) is 0. The molecule has 0 aliphatic heterocycles. The van der Waals surface area contributed by atoms with Gasteiger partial charge in [-0.3, -0.25) is 0 Å². The maximum absolute atomic E-state index is 5.75. The summed E-state index contributed by atoms with van der Waals surface area (Å²) in [5.74, 6) is 0. The molecule has 0 fully saturated rings. The van der Waals surface area contributed by atoms with Crippen molar-refractivity contribution in [1.82, 2.24) is 0 Å². The average molecular weight is 235 g/mol. The Morgan fingerprint density at radius 1 is 1.55 bits per heavy atom. The van der Waals surface area contributed by atoms with Gasteiger partial charge in [-0.05, 0) is 24.6 Å². The Morgan fingerprint density at radius 2 is 2.18 bits per heavy atom. The molecule has 0 heterocycles. The maximum atomic E-state index is 5.75. The number of hydrogen-bond donors (Lipinski definition) is 1. The van der Waals surface area contributed by atoms with Crippen molar-refractivity contribution in [3.63, 3.8) is 0 Å². The van der Waals surface area contributed by atoms with E-state index in [0.717, 1.165) is 15.1 Å². The molecule has 0 aromatic heterocycles. The molecule has 3 heteroatoms. The van der Waals surface area contributed by atoms with Gasteiger partial charge in [-0.15, -0.1) is 0 Å². The molecule has 11 heavy (non-hydrogen) atoms. The summed E-state index contributed by atoms with van der Waals surface area (Å²) in [6.07, 6.45) is 0. The van der Waals surface area contributed by atoms with Crippen LogP contribution in [0.25, 0.3) is 0 Å². The summed E-state index contributed by atoms with van der Waals surface area (Å²) < 4.78 is 0.972. The molecule has 1 aromatic rings. The van der Waals surface area contributed by atoms with E-state index in [2.05, 4.69) is 15.9 Å². The molecule has 1 aromatic carbocycles. The quantitative estimate of drug-likeness (QED) is 0.794. The Bertz CT molecular complexity index is 260. The SMILES string of the molecule is C[C@H](N)c1ccc(Cl)cc1Br. The standard InChI is InChI=1S/C8H9BrClN/c1-5(11)7-3-2-6(10)4-8(7)9/h2-5H,11H2,1H3/t5-/m0/s1. The van der Waals surface area contributed by atoms with Gasteiger partial charge in [-0.25, -0.2) is 0 Å². The minimum Gasteiger partial charge on any atom is -0.324 e. The first kappa shape index (κ1) is 9.04. The smallest absolute Gasteiger partial charge is 0.0417 e. The first-order valence-electron chi connectivity index (χ1n) is 3.32. The van der Waals surface area contributed by atoms with Crippen molar-refractivity contribution in [3.05, 3.63) is 33.3 Å². The van der Waals surface area contributed by atoms with Gasteiger partial charge in [-0.1, -0.05) is 33.6 Å². The van der Waals surface area contributed by atoms with E-state index in [1.54, 1.807) is 0 Å². The summed E-state index contributed by atoms with van der Waals surface area (Å²) in [5, 5.41) is 0.723. The van der Waals surface area contributed by atoms with Crippen LogP contribution in [-0.4, -0.2) is 0 Å². The van der Waals surface area contributed by atoms with E-state index in [-0.39, 0.29) is 6.04 Å². The molecular formula is C8H9BrClN. The summed E-state index contributed by atoms with van der Waals surface area (Å²) in [6.45, 7) is 1.94. The maximum Gasteiger partial charge on any atom is 0.0417 e. The van der Waals surface area contributed by atoms with Crippen molar-refractivity contribution < 1.29 is 0 Å². The average Bonchev–Trinajstić information content (AvgIpc) is 1.85. The molecule has 0 unspecified atom stereocenters. The van der Waals surface area contributed by atoms with Crippen LogP contribution in [0, 0.1) is 0 Å². The molecule has 1 atom stereocenters. The number of nitrogens with two attached hydrogens (primary N) is 1. The van der Waals surface area contributed by atoms with Gasteiger partial charge in [0.2, 0.25) is 0 Å². The first-order chi connectivity index (χ1) is 5.11. The monoisotopic (exact) mass is 233 g/mol. The summed E-state index contributed by atoms with van der Waals surface area (Å²) in [5.41, 5.74) is 6.77. The topological polar surface area (TPSA) is 26.0 Å². The van der Waals surface area contributed by atoms with Gasteiger partial charge in [0.25, 0.3) is 0 Å². The lowest BCUT2D eigenvalue weighted by molar-refractivity contribution is 0.813. The van der Waals surface area contributed by atoms with Crippen molar-refractivity contribution in [2.75, 3.05) is 0 Å². The molecule has 0 aliphatic carbocycles. The van der Waals surface area contributed by atoms with E-state index in [0.29, 0.717) is 0 Å². The van der Waals surface area contributed by atoms with Crippen LogP contribution in [0.3, 0.4) is 0 Å². The normalized spacial score (nSPS) is 13.1. The Morgan fingerprint density at radius 3 is 2.64 bits per heavy atom. The zero-order valence-electron chi connectivity index (χ0n) is 6.14. The number of halogens is 2. The van der Waals surface area contributed by atoms with E-state index in [1.165, 1.54) is 0 Å². The fourth-order valence-electron chi connectivity index (χ4n) is 0.871. The summed E-state index contributed by atoms with van der Waals surface area (Å²) >= 11 is 9.13. The Hall–Kier alpha value is -0.0500. The van der Waals surface area contributed by atoms with Gasteiger partial charge in [0, 0.05) is 15.5 Å². The third-order valence-electron chi connectivity index (χ3n) is 1.45. The minimum atomic E-state index is 0.0432. The Kier molecular flexibility index (Phi) is 2.93. The first-order valence-corrected chi connectivity index (χ1v) is 4.49. The highest BCUT2D eigenvalue weighted by molar-refractivity contribution is 9.10. The van der Waals surface area contributed by atoms with Gasteiger partial charge in [-0.2, -0.15) is 0 Å². The molecule has 0 saturated carbocycles. The van der Waals surface area contributed by atoms with Crippen LogP contribution >= 0.6 is 27.5 Å². The van der Waals surface area contributed by atoms with Crippen LogP contribution in [0.1, 0.15) is 18.5 Å². The van der Waals surface area contributed by atoms with Crippen molar-refractivity contribution in [2.24, 2.45) is 5.73 Å². The van der Waals surface area contributed by atoms with E-state index < -0.39 is 0 Å². The van der Waals surface area contributed by atoms with Crippen LogP contribution in [0.5, 0.6) is 0 Å². The third kappa shape index (κ3) is 2.19. The molecule has 0 amide bonds. The van der Waals surface area contributed by atoms with Gasteiger partial charge in [0.15, 0.2) is 0 Å². The molecule has 60 valence electrons. The van der Waals surface area contributed by atoms with E-state index in [9.17, 15) is 0 Å². The molecule has 0 saturated heterocycles. The lowest BCUT2D eigenvalue weighted by atomic mass is 10.1. The number of rotatable bonds is 1. The van der Waals surface area contributed by atoms with Gasteiger partial charge in [0.05, 0.1) is 0 Å². The zero-order valence-corrected chi connectivity index (χ0v) is 8.48. The highest BCUT2D eigenvalue weighted by atomic mass is 79.9. The number of hydrogen-bond acceptors (Lipinski definition) is 1. The Labute approximate surface area is 79.7 Å². The zero-order chi connectivity index (χ0) is 8.43. The Balaban J connectivity index is 3.09. The second kappa shape index (κ2) is 3.57. The molecular weight excluding hydrogens is 225 g/mol. The van der Waals surface area contributed by atoms with Crippen LogP contribution in [0.4, 0.5) is 0 Å². The lowest BCUT2D eigenvalue weighted by Gasteiger charge is -2.07. The fourth-order valence-corrected chi connectivity index (χ4v) is 1.91. The predicted molar refractivity (Wildman–Crippen MR) is 51.8 cm³/mol. The van der Waals surface area contributed by atoms with Crippen molar-refractivity contribution >= 4 is 27.5 Å². The molecule has 1 rings (SSSR count). The highest BCUT2D eigenvalue weighted by Gasteiger charge is 2.03. The van der Waals surface area contributed by atoms with E-state index in [1.807, 2.05) is 25.1 Å². The molecule has 1 nitrogen and oxygen atoms in total. The predicted octanol–water partition coefficient (Wildman–Crippen LogP) is 3.12. The van der Waals surface area contributed by atoms with Gasteiger partial charge >= 0.3 is 0 Å². The minimum absolute atomic E-state index is 0.0432. The largest absolute Gasteiger partial charge is 0.324 e. The van der Waals surface area contributed by atoms with Gasteiger partial charge in [0.1, 0.15) is 0 Å². The van der Waals surface area contributed by atoms with Crippen LogP contribution in [0.2, 0.25) is 5.02 Å². The third-order valence-corrected chi connectivity index (χ3v) is 2.37. The van der Waals surface area contributed by atoms with Crippen LogP contribution in [-0.2, 0) is 0 Å². The van der Waals surface area contributed by atoms with Crippen molar-refractivity contribution in [2.45, 2.75) is 13.0 Å². The second-order valence-corrected chi connectivity index (χ2v) is 3.75. The molecule has 0 spiro atoms. The molecule has 2 N–H and O–H groups in total. The number of benzene rings is 1. The molecule has 0 bridgehead atoms. The van der Waals surface area contributed by atoms with E-state index >= 15 is 0 Å². The van der Waals surface area contributed by atoms with Crippen molar-refractivity contribution in [3.8, 4) is 0 Å². The molecule has 0 radical (unpaired) electrons. The van der Waals surface area contributed by atoms with Crippen molar-refractivity contribution in [1.29, 1.82) is 0 Å². The lowest BCUT2D eigenvalue weighted by Crippen LogP contribution is -2.05. The fraction of sp³-hybridized carbons (Fsp3) is 0.250. The van der Waals surface area contributed by atoms with Crippen LogP contribution in [0.15, 0.2) is 22.7 Å². The second-order valence-electron chi connectivity index (χ2n) is 2.45. The molecule has 0 aliphatic rings. The van der Waals surface area contributed by atoms with Crippen LogP contribution < -0.4 is 5.73 Å². The summed E-state index contributed by atoms with van der Waals surface area (Å²) in [7, 11) is 0. The highest BCUT2D eigenvalue weighted by Crippen LogP contribution is 2.24. The van der Waals surface area contributed by atoms with Gasteiger partial charge < -0.3 is 5.73 Å². The van der Waals surface area contributed by atoms with E-state index in [4.69, 9.17) is 17.3 Å². The summed E-state index contributed by atoms with van der Waals surface area (Å²) in [6, 6.07) is 5.66.